The number of benzene rings is 1. The lowest BCUT2D eigenvalue weighted by Gasteiger charge is -2.00. The number of esters is 1. The summed E-state index contributed by atoms with van der Waals surface area (Å²) < 4.78 is 6.72. The van der Waals surface area contributed by atoms with Crippen molar-refractivity contribution in [1.29, 1.82) is 0 Å². The summed E-state index contributed by atoms with van der Waals surface area (Å²) in [5, 5.41) is 0. The van der Waals surface area contributed by atoms with Crippen LogP contribution in [0, 0.1) is 6.92 Å². The molecule has 0 bridgehead atoms. The summed E-state index contributed by atoms with van der Waals surface area (Å²) in [7, 11) is 1.77. The molecule has 1 aromatic carbocycles. The van der Waals surface area contributed by atoms with Crippen LogP contribution in [-0.2, 0) is 16.6 Å². The van der Waals surface area contributed by atoms with E-state index in [-0.39, 0.29) is 11.9 Å². The SMILES string of the molecule is CCOC(=O)c1sc(=NC(=O)C=Cc2ccccc2)n(C)c1C. The molecule has 1 amide bonds. The maximum Gasteiger partial charge on any atom is 0.350 e. The minimum atomic E-state index is -0.390. The third kappa shape index (κ3) is 4.26. The Labute approximate surface area is 138 Å². The molecule has 0 aliphatic carbocycles. The first-order valence-electron chi connectivity index (χ1n) is 7.18. The molecule has 2 aromatic rings. The van der Waals surface area contributed by atoms with E-state index in [4.69, 9.17) is 4.74 Å². The van der Waals surface area contributed by atoms with Crippen molar-refractivity contribution in [2.45, 2.75) is 13.8 Å². The molecular formula is C17H18N2O3S. The Morgan fingerprint density at radius 1 is 1.30 bits per heavy atom. The van der Waals surface area contributed by atoms with Gasteiger partial charge >= 0.3 is 5.97 Å². The molecule has 6 heteroatoms. The molecule has 23 heavy (non-hydrogen) atoms. The number of carbonyl (C=O) groups is 2. The van der Waals surface area contributed by atoms with Crippen molar-refractivity contribution in [2.24, 2.45) is 12.0 Å². The molecule has 0 aliphatic heterocycles. The van der Waals surface area contributed by atoms with Crippen LogP contribution in [0.15, 0.2) is 41.4 Å². The zero-order valence-corrected chi connectivity index (χ0v) is 14.1. The van der Waals surface area contributed by atoms with Crippen molar-refractivity contribution in [3.8, 4) is 0 Å². The molecule has 5 nitrogen and oxygen atoms in total. The molecule has 2 rings (SSSR count). The van der Waals surface area contributed by atoms with E-state index in [1.807, 2.05) is 30.3 Å². The van der Waals surface area contributed by atoms with Crippen LogP contribution in [-0.4, -0.2) is 23.1 Å². The highest BCUT2D eigenvalue weighted by molar-refractivity contribution is 7.11. The molecule has 0 N–H and O–H groups in total. The van der Waals surface area contributed by atoms with E-state index in [9.17, 15) is 9.59 Å². The molecule has 0 fully saturated rings. The molecule has 0 aliphatic rings. The zero-order chi connectivity index (χ0) is 16.8. The van der Waals surface area contributed by atoms with Crippen molar-refractivity contribution in [1.82, 2.24) is 4.57 Å². The number of amides is 1. The molecule has 120 valence electrons. The van der Waals surface area contributed by atoms with Crippen LogP contribution in [0.25, 0.3) is 6.08 Å². The highest BCUT2D eigenvalue weighted by atomic mass is 32.1. The van der Waals surface area contributed by atoms with Crippen LogP contribution < -0.4 is 4.80 Å². The molecular weight excluding hydrogens is 312 g/mol. The largest absolute Gasteiger partial charge is 0.462 e. The normalized spacial score (nSPS) is 11.9. The fourth-order valence-corrected chi connectivity index (χ4v) is 2.90. The highest BCUT2D eigenvalue weighted by Gasteiger charge is 2.16. The number of rotatable bonds is 4. The van der Waals surface area contributed by atoms with Crippen molar-refractivity contribution in [3.05, 3.63) is 57.3 Å². The van der Waals surface area contributed by atoms with Crippen LogP contribution in [0.4, 0.5) is 0 Å². The van der Waals surface area contributed by atoms with Gasteiger partial charge in [0.2, 0.25) is 0 Å². The van der Waals surface area contributed by atoms with Crippen molar-refractivity contribution >= 4 is 29.3 Å². The van der Waals surface area contributed by atoms with Crippen molar-refractivity contribution in [2.75, 3.05) is 6.61 Å². The number of ether oxygens (including phenoxy) is 1. The van der Waals surface area contributed by atoms with Gasteiger partial charge in [0.15, 0.2) is 4.80 Å². The summed E-state index contributed by atoms with van der Waals surface area (Å²) in [6.07, 6.45) is 3.12. The van der Waals surface area contributed by atoms with Crippen LogP contribution in [0.1, 0.15) is 27.9 Å². The summed E-state index contributed by atoms with van der Waals surface area (Å²) in [6, 6.07) is 9.51. The number of aromatic nitrogens is 1. The van der Waals surface area contributed by atoms with Crippen LogP contribution >= 0.6 is 11.3 Å². The predicted octanol–water partition coefficient (Wildman–Crippen LogP) is 2.71. The highest BCUT2D eigenvalue weighted by Crippen LogP contribution is 2.12. The molecule has 0 saturated carbocycles. The van der Waals surface area contributed by atoms with E-state index < -0.39 is 0 Å². The minimum Gasteiger partial charge on any atom is -0.462 e. The van der Waals surface area contributed by atoms with E-state index in [1.54, 1.807) is 31.5 Å². The Morgan fingerprint density at radius 3 is 2.65 bits per heavy atom. The second-order valence-corrected chi connectivity index (χ2v) is 5.75. The molecule has 1 aromatic heterocycles. The number of nitrogens with zero attached hydrogens (tertiary/aromatic N) is 2. The Hall–Kier alpha value is -2.47. The Morgan fingerprint density at radius 2 is 2.00 bits per heavy atom. The molecule has 0 spiro atoms. The second kappa shape index (κ2) is 7.69. The van der Waals surface area contributed by atoms with Gasteiger partial charge in [-0.1, -0.05) is 41.7 Å². The minimum absolute atomic E-state index is 0.311. The van der Waals surface area contributed by atoms with Gasteiger partial charge in [0, 0.05) is 18.8 Å². The first kappa shape index (κ1) is 16.9. The number of thiazole rings is 1. The Balaban J connectivity index is 2.25. The Bertz CT molecular complexity index is 801. The third-order valence-electron chi connectivity index (χ3n) is 3.20. The van der Waals surface area contributed by atoms with E-state index in [0.29, 0.717) is 16.3 Å². The lowest BCUT2D eigenvalue weighted by molar-refractivity contribution is -0.113. The van der Waals surface area contributed by atoms with Crippen LogP contribution in [0.5, 0.6) is 0 Å². The fourth-order valence-electron chi connectivity index (χ4n) is 1.88. The average molecular weight is 330 g/mol. The standard InChI is InChI=1S/C17H18N2O3S/c1-4-22-16(21)15-12(2)19(3)17(23-15)18-14(20)11-10-13-8-6-5-7-9-13/h5-11H,4H2,1-3H3. The zero-order valence-electron chi connectivity index (χ0n) is 13.3. The molecule has 0 atom stereocenters. The van der Waals surface area contributed by atoms with Gasteiger partial charge in [-0.05, 0) is 25.5 Å². The first-order chi connectivity index (χ1) is 11.0. The van der Waals surface area contributed by atoms with E-state index in [0.717, 1.165) is 22.6 Å². The van der Waals surface area contributed by atoms with E-state index in [2.05, 4.69) is 4.99 Å². The van der Waals surface area contributed by atoms with Crippen LogP contribution in [0.3, 0.4) is 0 Å². The average Bonchev–Trinajstić information content (AvgIpc) is 2.83. The molecule has 1 heterocycles. The van der Waals surface area contributed by atoms with Crippen LogP contribution in [0.2, 0.25) is 0 Å². The maximum absolute atomic E-state index is 12.0. The monoisotopic (exact) mass is 330 g/mol. The fraction of sp³-hybridized carbons (Fsp3) is 0.235. The lowest BCUT2D eigenvalue weighted by Crippen LogP contribution is -2.13. The van der Waals surface area contributed by atoms with E-state index in [1.165, 1.54) is 6.08 Å². The van der Waals surface area contributed by atoms with Gasteiger partial charge in [-0.2, -0.15) is 4.99 Å². The van der Waals surface area contributed by atoms with Gasteiger partial charge in [0.05, 0.1) is 6.61 Å². The van der Waals surface area contributed by atoms with Gasteiger partial charge in [-0.25, -0.2) is 4.79 Å². The summed E-state index contributed by atoms with van der Waals surface area (Å²) in [6.45, 7) is 3.86. The topological polar surface area (TPSA) is 60.7 Å². The number of hydrogen-bond donors (Lipinski definition) is 0. The summed E-state index contributed by atoms with van der Waals surface area (Å²) in [5.74, 6) is -0.763. The summed E-state index contributed by atoms with van der Waals surface area (Å²) in [4.78, 5) is 28.8. The molecule has 0 saturated heterocycles. The third-order valence-corrected chi connectivity index (χ3v) is 4.41. The van der Waals surface area contributed by atoms with Gasteiger partial charge in [0.1, 0.15) is 4.88 Å². The second-order valence-electron chi connectivity index (χ2n) is 4.77. The smallest absolute Gasteiger partial charge is 0.350 e. The first-order valence-corrected chi connectivity index (χ1v) is 8.00. The maximum atomic E-state index is 12.0. The molecule has 0 radical (unpaired) electrons. The van der Waals surface area contributed by atoms with E-state index >= 15 is 0 Å². The van der Waals surface area contributed by atoms with Gasteiger partial charge in [-0.15, -0.1) is 0 Å². The van der Waals surface area contributed by atoms with Gasteiger partial charge < -0.3 is 9.30 Å². The predicted molar refractivity (Wildman–Crippen MR) is 90.0 cm³/mol. The van der Waals surface area contributed by atoms with Gasteiger partial charge in [0.25, 0.3) is 5.91 Å². The Kier molecular flexibility index (Phi) is 5.65. The van der Waals surface area contributed by atoms with Gasteiger partial charge in [-0.3, -0.25) is 4.79 Å². The quantitative estimate of drug-likeness (QED) is 0.640. The summed E-state index contributed by atoms with van der Waals surface area (Å²) in [5.41, 5.74) is 1.65. The van der Waals surface area contributed by atoms with Crippen molar-refractivity contribution in [3.63, 3.8) is 0 Å². The van der Waals surface area contributed by atoms with Crippen molar-refractivity contribution < 1.29 is 14.3 Å². The number of carbonyl (C=O) groups excluding carboxylic acids is 2. The summed E-state index contributed by atoms with van der Waals surface area (Å²) >= 11 is 1.15. The molecule has 0 unspecified atom stereocenters. The number of hydrogen-bond acceptors (Lipinski definition) is 4. The lowest BCUT2D eigenvalue weighted by atomic mass is 10.2.